The summed E-state index contributed by atoms with van der Waals surface area (Å²) >= 11 is 4.35. The highest BCUT2D eigenvalue weighted by atomic mass is 32.1. The first kappa shape index (κ1) is 15.6. The van der Waals surface area contributed by atoms with Crippen LogP contribution in [0, 0.1) is 0 Å². The van der Waals surface area contributed by atoms with E-state index in [9.17, 15) is 9.59 Å². The second-order valence-electron chi connectivity index (χ2n) is 5.25. The summed E-state index contributed by atoms with van der Waals surface area (Å²) in [7, 11) is 0. The maximum absolute atomic E-state index is 12.0. The number of carbonyl (C=O) groups excluding carboxylic acids is 2. The van der Waals surface area contributed by atoms with Gasteiger partial charge in [0.15, 0.2) is 0 Å². The predicted molar refractivity (Wildman–Crippen MR) is 86.7 cm³/mol. The summed E-state index contributed by atoms with van der Waals surface area (Å²) in [6.07, 6.45) is 1.73. The molecule has 0 aromatic heterocycles. The zero-order valence-corrected chi connectivity index (χ0v) is 13.0. The van der Waals surface area contributed by atoms with Crippen molar-refractivity contribution in [3.05, 3.63) is 29.8 Å². The Labute approximate surface area is 129 Å². The number of rotatable bonds is 4. The van der Waals surface area contributed by atoms with Gasteiger partial charge in [0.05, 0.1) is 10.5 Å². The van der Waals surface area contributed by atoms with Crippen molar-refractivity contribution >= 4 is 35.8 Å². The minimum atomic E-state index is -0.684. The Kier molecular flexibility index (Phi) is 4.67. The molecule has 0 spiro atoms. The van der Waals surface area contributed by atoms with Crippen LogP contribution in [0.4, 0.5) is 5.69 Å². The molecule has 5 nitrogen and oxygen atoms in total. The summed E-state index contributed by atoms with van der Waals surface area (Å²) in [5.74, 6) is -0.182. The molecule has 0 saturated carbocycles. The van der Waals surface area contributed by atoms with E-state index in [1.807, 2.05) is 31.2 Å². The molecule has 2 amide bonds. The molecule has 1 atom stereocenters. The number of hydrogen-bond acceptors (Lipinski definition) is 4. The Morgan fingerprint density at radius 2 is 2.05 bits per heavy atom. The quantitative estimate of drug-likeness (QED) is 0.747. The van der Waals surface area contributed by atoms with Gasteiger partial charge in [-0.2, -0.15) is 17.7 Å². The van der Waals surface area contributed by atoms with E-state index >= 15 is 0 Å². The van der Waals surface area contributed by atoms with Crippen molar-refractivity contribution in [2.45, 2.75) is 37.9 Å². The van der Waals surface area contributed by atoms with Gasteiger partial charge in [-0.1, -0.05) is 19.1 Å². The summed E-state index contributed by atoms with van der Waals surface area (Å²) in [5, 5.41) is 6.89. The van der Waals surface area contributed by atoms with Gasteiger partial charge in [0, 0.05) is 18.5 Å². The molecule has 0 radical (unpaired) electrons. The molecule has 0 saturated heterocycles. The lowest BCUT2D eigenvalue weighted by Crippen LogP contribution is -2.34. The third-order valence-corrected chi connectivity index (χ3v) is 4.08. The zero-order chi connectivity index (χ0) is 15.5. The monoisotopic (exact) mass is 305 g/mol. The van der Waals surface area contributed by atoms with Crippen molar-refractivity contribution in [1.29, 1.82) is 0 Å². The van der Waals surface area contributed by atoms with Crippen molar-refractivity contribution in [3.63, 3.8) is 0 Å². The number of benzene rings is 1. The van der Waals surface area contributed by atoms with Crippen molar-refractivity contribution in [2.75, 3.05) is 5.32 Å². The van der Waals surface area contributed by atoms with Crippen molar-refractivity contribution in [2.24, 2.45) is 5.10 Å². The molecule has 21 heavy (non-hydrogen) atoms. The fourth-order valence-electron chi connectivity index (χ4n) is 1.85. The summed E-state index contributed by atoms with van der Waals surface area (Å²) in [4.78, 5) is 23.1. The largest absolute Gasteiger partial charge is 0.325 e. The Morgan fingerprint density at radius 3 is 2.57 bits per heavy atom. The fraction of sp³-hybridized carbons (Fsp3) is 0.400. The lowest BCUT2D eigenvalue weighted by Gasteiger charge is -2.20. The van der Waals surface area contributed by atoms with E-state index in [-0.39, 0.29) is 11.8 Å². The van der Waals surface area contributed by atoms with Gasteiger partial charge in [-0.25, -0.2) is 5.43 Å². The smallest absolute Gasteiger partial charge is 0.240 e. The highest BCUT2D eigenvalue weighted by molar-refractivity contribution is 7.82. The number of hydrogen-bond donors (Lipinski definition) is 3. The molecular formula is C15H19N3O2S. The van der Waals surface area contributed by atoms with Gasteiger partial charge in [0.2, 0.25) is 11.8 Å². The summed E-state index contributed by atoms with van der Waals surface area (Å²) in [5.41, 5.74) is 4.98. The summed E-state index contributed by atoms with van der Waals surface area (Å²) < 4.78 is -0.684. The van der Waals surface area contributed by atoms with Crippen LogP contribution in [0.25, 0.3) is 0 Å². The van der Waals surface area contributed by atoms with Gasteiger partial charge >= 0.3 is 0 Å². The standard InChI is InChI=1S/C15H19N3O2S/c1-3-15(2,21)14(20)16-11-6-4-10(5-7-11)12-8-9-13(19)18-17-12/h4-7,21H,3,8-9H2,1-2H3,(H,16,20)(H,18,19). The summed E-state index contributed by atoms with van der Waals surface area (Å²) in [6.45, 7) is 3.71. The topological polar surface area (TPSA) is 70.6 Å². The van der Waals surface area contributed by atoms with E-state index in [4.69, 9.17) is 0 Å². The third kappa shape index (κ3) is 3.85. The number of nitrogens with zero attached hydrogens (tertiary/aromatic N) is 1. The number of carbonyl (C=O) groups is 2. The van der Waals surface area contributed by atoms with E-state index < -0.39 is 4.75 Å². The van der Waals surface area contributed by atoms with Crippen LogP contribution in [0.1, 0.15) is 38.7 Å². The van der Waals surface area contributed by atoms with Crippen LogP contribution in [0.5, 0.6) is 0 Å². The molecule has 2 rings (SSSR count). The van der Waals surface area contributed by atoms with E-state index in [1.54, 1.807) is 6.92 Å². The molecule has 1 aliphatic rings. The first-order valence-electron chi connectivity index (χ1n) is 6.92. The van der Waals surface area contributed by atoms with E-state index in [0.29, 0.717) is 19.3 Å². The SMILES string of the molecule is CCC(C)(S)C(=O)Nc1ccc(C2=NNC(=O)CC2)cc1. The van der Waals surface area contributed by atoms with Crippen molar-refractivity contribution < 1.29 is 9.59 Å². The van der Waals surface area contributed by atoms with Crippen LogP contribution < -0.4 is 10.7 Å². The minimum absolute atomic E-state index is 0.0599. The van der Waals surface area contributed by atoms with Crippen LogP contribution in [0.15, 0.2) is 29.4 Å². The Hall–Kier alpha value is -1.82. The number of anilines is 1. The van der Waals surface area contributed by atoms with Crippen LogP contribution >= 0.6 is 12.6 Å². The van der Waals surface area contributed by atoms with Gasteiger partial charge in [-0.3, -0.25) is 9.59 Å². The molecule has 2 N–H and O–H groups in total. The Morgan fingerprint density at radius 1 is 1.38 bits per heavy atom. The van der Waals surface area contributed by atoms with Gasteiger partial charge in [-0.15, -0.1) is 0 Å². The molecule has 112 valence electrons. The van der Waals surface area contributed by atoms with E-state index in [2.05, 4.69) is 28.5 Å². The molecule has 0 bridgehead atoms. The highest BCUT2D eigenvalue weighted by Crippen LogP contribution is 2.21. The molecule has 0 aliphatic carbocycles. The van der Waals surface area contributed by atoms with Crippen molar-refractivity contribution in [1.82, 2.24) is 5.43 Å². The van der Waals surface area contributed by atoms with Crippen LogP contribution in [0.3, 0.4) is 0 Å². The molecule has 1 aromatic rings. The minimum Gasteiger partial charge on any atom is -0.325 e. The second kappa shape index (κ2) is 6.30. The summed E-state index contributed by atoms with van der Waals surface area (Å²) in [6, 6.07) is 7.42. The molecule has 1 aromatic carbocycles. The lowest BCUT2D eigenvalue weighted by molar-refractivity contribution is -0.121. The third-order valence-electron chi connectivity index (χ3n) is 3.56. The molecule has 0 fully saturated rings. The fourth-order valence-corrected chi connectivity index (χ4v) is 1.91. The van der Waals surface area contributed by atoms with Crippen molar-refractivity contribution in [3.8, 4) is 0 Å². The average Bonchev–Trinajstić information content (AvgIpc) is 2.49. The van der Waals surface area contributed by atoms with E-state index in [0.717, 1.165) is 17.0 Å². The first-order valence-corrected chi connectivity index (χ1v) is 7.37. The van der Waals surface area contributed by atoms with Gasteiger partial charge in [0.25, 0.3) is 0 Å². The molecule has 1 unspecified atom stereocenters. The van der Waals surface area contributed by atoms with Crippen LogP contribution in [-0.4, -0.2) is 22.3 Å². The molecule has 1 aliphatic heterocycles. The lowest BCUT2D eigenvalue weighted by atomic mass is 10.0. The highest BCUT2D eigenvalue weighted by Gasteiger charge is 2.26. The van der Waals surface area contributed by atoms with Gasteiger partial charge in [0.1, 0.15) is 0 Å². The maximum atomic E-state index is 12.0. The normalized spacial score (nSPS) is 17.5. The molecule has 1 heterocycles. The number of hydrazone groups is 1. The number of amides is 2. The molecule has 6 heteroatoms. The van der Waals surface area contributed by atoms with Gasteiger partial charge < -0.3 is 5.32 Å². The van der Waals surface area contributed by atoms with Gasteiger partial charge in [-0.05, 0) is 31.0 Å². The molecular weight excluding hydrogens is 286 g/mol. The predicted octanol–water partition coefficient (Wildman–Crippen LogP) is 2.34. The Bertz CT molecular complexity index is 579. The van der Waals surface area contributed by atoms with Crippen LogP contribution in [-0.2, 0) is 9.59 Å². The number of nitrogens with one attached hydrogen (secondary N) is 2. The number of thiol groups is 1. The van der Waals surface area contributed by atoms with Crippen LogP contribution in [0.2, 0.25) is 0 Å². The first-order chi connectivity index (χ1) is 9.92. The zero-order valence-electron chi connectivity index (χ0n) is 12.1. The van der Waals surface area contributed by atoms with E-state index in [1.165, 1.54) is 0 Å². The second-order valence-corrected chi connectivity index (χ2v) is 6.24. The Balaban J connectivity index is 2.06. The maximum Gasteiger partial charge on any atom is 0.240 e. The average molecular weight is 305 g/mol.